The lowest BCUT2D eigenvalue weighted by Gasteiger charge is -2.09. The zero-order chi connectivity index (χ0) is 21.6. The molecule has 11 heteroatoms. The van der Waals surface area contributed by atoms with Crippen molar-refractivity contribution in [2.75, 3.05) is 11.1 Å². The van der Waals surface area contributed by atoms with Gasteiger partial charge in [0.25, 0.3) is 11.1 Å². The first-order valence-corrected chi connectivity index (χ1v) is 10.2. The maximum absolute atomic E-state index is 12.9. The highest BCUT2D eigenvalue weighted by Crippen LogP contribution is 2.23. The average molecular weight is 439 g/mol. The van der Waals surface area contributed by atoms with Crippen LogP contribution >= 0.6 is 11.8 Å². The van der Waals surface area contributed by atoms with Crippen LogP contribution in [0.15, 0.2) is 58.2 Å². The van der Waals surface area contributed by atoms with Crippen LogP contribution in [0, 0.1) is 12.7 Å². The van der Waals surface area contributed by atoms with Crippen molar-refractivity contribution in [1.82, 2.24) is 25.1 Å². The Labute approximate surface area is 181 Å². The van der Waals surface area contributed by atoms with Crippen LogP contribution in [0.3, 0.4) is 0 Å². The summed E-state index contributed by atoms with van der Waals surface area (Å²) in [6.07, 6.45) is 0. The summed E-state index contributed by atoms with van der Waals surface area (Å²) < 4.78 is 24.0. The Morgan fingerprint density at radius 2 is 1.87 bits per heavy atom. The lowest BCUT2D eigenvalue weighted by Crippen LogP contribution is -2.07. The van der Waals surface area contributed by atoms with Gasteiger partial charge in [0.15, 0.2) is 6.61 Å². The average Bonchev–Trinajstić information content (AvgIpc) is 3.21. The van der Waals surface area contributed by atoms with Gasteiger partial charge in [-0.25, -0.2) is 4.39 Å². The molecule has 0 amide bonds. The third-order valence-electron chi connectivity index (χ3n) is 4.04. The summed E-state index contributed by atoms with van der Waals surface area (Å²) in [5.41, 5.74) is 7.76. The van der Waals surface area contributed by atoms with Crippen molar-refractivity contribution in [1.29, 1.82) is 0 Å². The van der Waals surface area contributed by atoms with E-state index in [2.05, 4.69) is 30.5 Å². The summed E-state index contributed by atoms with van der Waals surface area (Å²) >= 11 is 1.26. The molecule has 3 N–H and O–H groups in total. The van der Waals surface area contributed by atoms with Gasteiger partial charge in [-0.1, -0.05) is 30.0 Å². The minimum absolute atomic E-state index is 0.0718. The Bertz CT molecular complexity index is 1170. The SMILES string of the molecule is Cc1ccccc1Nc1nc(N)nc(CSc2nnc(COc3ccc(F)cc3)o2)n1. The maximum Gasteiger partial charge on any atom is 0.277 e. The number of para-hydroxylation sites is 1. The van der Waals surface area contributed by atoms with Crippen LogP contribution in [-0.4, -0.2) is 25.1 Å². The van der Waals surface area contributed by atoms with Gasteiger partial charge in [0.1, 0.15) is 17.4 Å². The number of hydrogen-bond acceptors (Lipinski definition) is 10. The molecule has 0 aliphatic rings. The zero-order valence-electron chi connectivity index (χ0n) is 16.4. The number of hydrogen-bond donors (Lipinski definition) is 2. The Kier molecular flexibility index (Phi) is 6.22. The van der Waals surface area contributed by atoms with E-state index in [4.69, 9.17) is 14.9 Å². The highest BCUT2D eigenvalue weighted by molar-refractivity contribution is 7.98. The molecule has 0 saturated carbocycles. The van der Waals surface area contributed by atoms with Gasteiger partial charge in [-0.3, -0.25) is 0 Å². The number of nitrogens with zero attached hydrogens (tertiary/aromatic N) is 5. The van der Waals surface area contributed by atoms with Gasteiger partial charge in [0.2, 0.25) is 11.9 Å². The number of nitrogens with one attached hydrogen (secondary N) is 1. The molecule has 0 radical (unpaired) electrons. The van der Waals surface area contributed by atoms with Crippen LogP contribution in [0.5, 0.6) is 5.75 Å². The van der Waals surface area contributed by atoms with Crippen molar-refractivity contribution >= 4 is 29.3 Å². The number of nitrogens with two attached hydrogens (primary N) is 1. The van der Waals surface area contributed by atoms with E-state index in [9.17, 15) is 4.39 Å². The molecule has 0 fully saturated rings. The molecule has 158 valence electrons. The number of aryl methyl sites for hydroxylation is 1. The zero-order valence-corrected chi connectivity index (χ0v) is 17.3. The second-order valence-electron chi connectivity index (χ2n) is 6.37. The summed E-state index contributed by atoms with van der Waals surface area (Å²) in [4.78, 5) is 12.7. The van der Waals surface area contributed by atoms with Crippen molar-refractivity contribution in [3.05, 3.63) is 71.6 Å². The maximum atomic E-state index is 12.9. The number of nitrogen functional groups attached to an aromatic ring is 1. The van der Waals surface area contributed by atoms with Crippen LogP contribution in [0.2, 0.25) is 0 Å². The van der Waals surface area contributed by atoms with Crippen molar-refractivity contribution in [2.24, 2.45) is 0 Å². The minimum Gasteiger partial charge on any atom is -0.484 e. The molecule has 0 bridgehead atoms. The molecule has 0 spiro atoms. The van der Waals surface area contributed by atoms with E-state index in [-0.39, 0.29) is 18.4 Å². The number of thioether (sulfide) groups is 1. The molecule has 31 heavy (non-hydrogen) atoms. The van der Waals surface area contributed by atoms with E-state index in [1.807, 2.05) is 31.2 Å². The van der Waals surface area contributed by atoms with Crippen LogP contribution in [0.25, 0.3) is 0 Å². The minimum atomic E-state index is -0.333. The second-order valence-corrected chi connectivity index (χ2v) is 7.29. The molecule has 4 rings (SSSR count). The van der Waals surface area contributed by atoms with E-state index in [1.54, 1.807) is 0 Å². The van der Waals surface area contributed by atoms with E-state index >= 15 is 0 Å². The first kappa shape index (κ1) is 20.5. The van der Waals surface area contributed by atoms with Gasteiger partial charge >= 0.3 is 0 Å². The lowest BCUT2D eigenvalue weighted by molar-refractivity contribution is 0.252. The first-order valence-electron chi connectivity index (χ1n) is 9.22. The van der Waals surface area contributed by atoms with Gasteiger partial charge < -0.3 is 20.2 Å². The van der Waals surface area contributed by atoms with E-state index in [1.165, 1.54) is 36.0 Å². The van der Waals surface area contributed by atoms with Gasteiger partial charge in [-0.05, 0) is 42.8 Å². The lowest BCUT2D eigenvalue weighted by atomic mass is 10.2. The highest BCUT2D eigenvalue weighted by atomic mass is 32.2. The number of anilines is 3. The Morgan fingerprint density at radius 3 is 2.68 bits per heavy atom. The molecule has 0 aliphatic heterocycles. The number of aromatic nitrogens is 5. The number of benzene rings is 2. The third kappa shape index (κ3) is 5.66. The molecule has 9 nitrogen and oxygen atoms in total. The molecule has 4 aromatic rings. The summed E-state index contributed by atoms with van der Waals surface area (Å²) in [6.45, 7) is 2.05. The van der Waals surface area contributed by atoms with Crippen molar-refractivity contribution in [3.63, 3.8) is 0 Å². The summed E-state index contributed by atoms with van der Waals surface area (Å²) in [5, 5.41) is 11.4. The van der Waals surface area contributed by atoms with E-state index in [0.29, 0.717) is 34.4 Å². The van der Waals surface area contributed by atoms with Crippen LogP contribution in [0.4, 0.5) is 22.0 Å². The topological polar surface area (TPSA) is 125 Å². The third-order valence-corrected chi connectivity index (χ3v) is 4.85. The van der Waals surface area contributed by atoms with Crippen molar-refractivity contribution in [2.45, 2.75) is 24.5 Å². The van der Waals surface area contributed by atoms with Gasteiger partial charge in [-0.2, -0.15) is 15.0 Å². The number of ether oxygens (including phenoxy) is 1. The van der Waals surface area contributed by atoms with E-state index in [0.717, 1.165) is 11.3 Å². The van der Waals surface area contributed by atoms with Gasteiger partial charge in [0.05, 0.1) is 5.75 Å². The van der Waals surface area contributed by atoms with Crippen LogP contribution in [-0.2, 0) is 12.4 Å². The molecular weight excluding hydrogens is 421 g/mol. The molecule has 2 aromatic heterocycles. The molecule has 0 unspecified atom stereocenters. The monoisotopic (exact) mass is 439 g/mol. The molecular formula is C20H18FN7O2S. The normalized spacial score (nSPS) is 10.8. The Morgan fingerprint density at radius 1 is 1.06 bits per heavy atom. The molecule has 0 saturated heterocycles. The fraction of sp³-hybridized carbons (Fsp3) is 0.150. The Hall–Kier alpha value is -3.73. The fourth-order valence-corrected chi connectivity index (χ4v) is 3.18. The smallest absolute Gasteiger partial charge is 0.277 e. The largest absolute Gasteiger partial charge is 0.484 e. The van der Waals surface area contributed by atoms with E-state index < -0.39 is 0 Å². The fourth-order valence-electron chi connectivity index (χ4n) is 2.55. The Balaban J connectivity index is 1.35. The standard InChI is InChI=1S/C20H18FN7O2S/c1-12-4-2-3-5-15(12)23-19-25-16(24-18(22)26-19)11-31-20-28-27-17(30-20)10-29-14-8-6-13(21)7-9-14/h2-9H,10-11H2,1H3,(H3,22,23,24,25,26). The van der Waals surface area contributed by atoms with Gasteiger partial charge in [-0.15, -0.1) is 10.2 Å². The van der Waals surface area contributed by atoms with Crippen LogP contribution < -0.4 is 15.8 Å². The predicted octanol–water partition coefficient (Wildman–Crippen LogP) is 3.90. The molecule has 0 aliphatic carbocycles. The molecule has 0 atom stereocenters. The van der Waals surface area contributed by atoms with Crippen molar-refractivity contribution < 1.29 is 13.5 Å². The van der Waals surface area contributed by atoms with Crippen LogP contribution in [0.1, 0.15) is 17.3 Å². The molecule has 2 heterocycles. The summed E-state index contributed by atoms with van der Waals surface area (Å²) in [6, 6.07) is 13.5. The quantitative estimate of drug-likeness (QED) is 0.390. The molecule has 2 aromatic carbocycles. The summed E-state index contributed by atoms with van der Waals surface area (Å²) in [5.74, 6) is 1.76. The van der Waals surface area contributed by atoms with Crippen molar-refractivity contribution in [3.8, 4) is 5.75 Å². The highest BCUT2D eigenvalue weighted by Gasteiger charge is 2.11. The number of rotatable bonds is 8. The predicted molar refractivity (Wildman–Crippen MR) is 113 cm³/mol. The first-order chi connectivity index (χ1) is 15.0. The number of halogens is 1. The second kappa shape index (κ2) is 9.39. The van der Waals surface area contributed by atoms with Gasteiger partial charge in [0, 0.05) is 5.69 Å². The summed E-state index contributed by atoms with van der Waals surface area (Å²) in [7, 11) is 0.